The van der Waals surface area contributed by atoms with Gasteiger partial charge in [-0.3, -0.25) is 9.36 Å². The van der Waals surface area contributed by atoms with Crippen molar-refractivity contribution in [3.05, 3.63) is 82.4 Å². The van der Waals surface area contributed by atoms with E-state index in [1.807, 2.05) is 60.7 Å². The van der Waals surface area contributed by atoms with E-state index >= 15 is 0 Å². The average molecular weight is 506 g/mol. The van der Waals surface area contributed by atoms with E-state index in [9.17, 15) is 14.4 Å². The molecule has 1 aliphatic heterocycles. The van der Waals surface area contributed by atoms with Gasteiger partial charge in [0.2, 0.25) is 0 Å². The molecule has 1 atom stereocenters. The van der Waals surface area contributed by atoms with Gasteiger partial charge in [-0.15, -0.1) is 0 Å². The molecule has 0 saturated carbocycles. The van der Waals surface area contributed by atoms with Crippen LogP contribution in [0.4, 0.5) is 4.79 Å². The lowest BCUT2D eigenvalue weighted by atomic mass is 10.1. The molecule has 0 aliphatic carbocycles. The standard InChI is InChI=1S/C28H35N5O4/c1-2-3-14-23(19-30-28(36)37-20-21-10-6-4-7-11-21)33-25(22-12-8-5-9-13-22)24(31-27(33)35)26(34)32-17-15-29-16-18-32/h4-13,23,29H,2-3,14-20H2,1H3,(H,30,36)(H,31,35). The first-order valence-electron chi connectivity index (χ1n) is 12.9. The molecule has 4 rings (SSSR count). The molecule has 1 aromatic heterocycles. The van der Waals surface area contributed by atoms with Crippen molar-refractivity contribution >= 4 is 12.0 Å². The fraction of sp³-hybridized carbons (Fsp3) is 0.393. The largest absolute Gasteiger partial charge is 0.445 e. The quantitative estimate of drug-likeness (QED) is 0.391. The molecule has 0 radical (unpaired) electrons. The van der Waals surface area contributed by atoms with Crippen molar-refractivity contribution < 1.29 is 14.3 Å². The van der Waals surface area contributed by atoms with Gasteiger partial charge in [-0.25, -0.2) is 9.59 Å². The van der Waals surface area contributed by atoms with Gasteiger partial charge >= 0.3 is 11.8 Å². The Balaban J connectivity index is 1.60. The number of hydrogen-bond acceptors (Lipinski definition) is 5. The van der Waals surface area contributed by atoms with E-state index in [4.69, 9.17) is 4.74 Å². The second-order valence-electron chi connectivity index (χ2n) is 9.17. The molecule has 196 valence electrons. The molecular weight excluding hydrogens is 470 g/mol. The number of rotatable bonds is 10. The van der Waals surface area contributed by atoms with Crippen LogP contribution in [-0.2, 0) is 11.3 Å². The van der Waals surface area contributed by atoms with Gasteiger partial charge in [-0.05, 0) is 12.0 Å². The second-order valence-corrected chi connectivity index (χ2v) is 9.17. The van der Waals surface area contributed by atoms with Crippen LogP contribution in [-0.4, -0.2) is 59.2 Å². The minimum absolute atomic E-state index is 0.162. The molecule has 3 aromatic rings. The zero-order valence-electron chi connectivity index (χ0n) is 21.2. The zero-order valence-corrected chi connectivity index (χ0v) is 21.2. The van der Waals surface area contributed by atoms with Crippen molar-refractivity contribution in [1.82, 2.24) is 25.1 Å². The van der Waals surface area contributed by atoms with E-state index in [-0.39, 0.29) is 36.5 Å². The van der Waals surface area contributed by atoms with Gasteiger partial charge in [0.1, 0.15) is 12.3 Å². The number of nitrogens with zero attached hydrogens (tertiary/aromatic N) is 2. The van der Waals surface area contributed by atoms with Gasteiger partial charge in [-0.1, -0.05) is 80.4 Å². The Morgan fingerprint density at radius 1 is 1.03 bits per heavy atom. The molecular formula is C28H35N5O4. The summed E-state index contributed by atoms with van der Waals surface area (Å²) in [6.45, 7) is 5.02. The van der Waals surface area contributed by atoms with Crippen LogP contribution in [0.2, 0.25) is 0 Å². The first kappa shape index (κ1) is 26.2. The van der Waals surface area contributed by atoms with Crippen molar-refractivity contribution in [3.8, 4) is 11.3 Å². The summed E-state index contributed by atoms with van der Waals surface area (Å²) >= 11 is 0. The minimum atomic E-state index is -0.549. The van der Waals surface area contributed by atoms with Crippen LogP contribution in [0.15, 0.2) is 65.5 Å². The number of benzene rings is 2. The van der Waals surface area contributed by atoms with Crippen LogP contribution in [0.5, 0.6) is 0 Å². The number of nitrogens with one attached hydrogen (secondary N) is 3. The third kappa shape index (κ3) is 6.68. The van der Waals surface area contributed by atoms with Gasteiger partial charge in [-0.2, -0.15) is 0 Å². The molecule has 1 aliphatic rings. The smallest absolute Gasteiger partial charge is 0.407 e. The number of amides is 2. The zero-order chi connectivity index (χ0) is 26.0. The number of carbonyl (C=O) groups excluding carboxylic acids is 2. The van der Waals surface area contributed by atoms with Crippen molar-refractivity contribution in [2.24, 2.45) is 0 Å². The molecule has 1 unspecified atom stereocenters. The fourth-order valence-electron chi connectivity index (χ4n) is 4.59. The van der Waals surface area contributed by atoms with Crippen molar-refractivity contribution in [2.75, 3.05) is 32.7 Å². The highest BCUT2D eigenvalue weighted by Gasteiger charge is 2.29. The maximum Gasteiger partial charge on any atom is 0.407 e. The summed E-state index contributed by atoms with van der Waals surface area (Å²) < 4.78 is 7.01. The first-order chi connectivity index (χ1) is 18.1. The highest BCUT2D eigenvalue weighted by molar-refractivity contribution is 5.98. The number of piperazine rings is 1. The predicted molar refractivity (Wildman–Crippen MR) is 142 cm³/mol. The van der Waals surface area contributed by atoms with E-state index in [1.54, 1.807) is 9.47 Å². The van der Waals surface area contributed by atoms with E-state index in [2.05, 4.69) is 22.5 Å². The monoisotopic (exact) mass is 505 g/mol. The van der Waals surface area contributed by atoms with Crippen LogP contribution < -0.4 is 16.3 Å². The molecule has 0 bridgehead atoms. The number of aromatic nitrogens is 2. The fourth-order valence-corrected chi connectivity index (χ4v) is 4.59. The minimum Gasteiger partial charge on any atom is -0.445 e. The van der Waals surface area contributed by atoms with Gasteiger partial charge in [0.05, 0.1) is 11.7 Å². The third-order valence-electron chi connectivity index (χ3n) is 6.54. The van der Waals surface area contributed by atoms with E-state index in [1.165, 1.54) is 0 Å². The maximum absolute atomic E-state index is 13.5. The molecule has 9 nitrogen and oxygen atoms in total. The summed E-state index contributed by atoms with van der Waals surface area (Å²) in [6.07, 6.45) is 1.90. The Morgan fingerprint density at radius 2 is 1.70 bits per heavy atom. The summed E-state index contributed by atoms with van der Waals surface area (Å²) in [7, 11) is 0. The lowest BCUT2D eigenvalue weighted by molar-refractivity contribution is 0.0731. The van der Waals surface area contributed by atoms with Gasteiger partial charge < -0.3 is 25.3 Å². The third-order valence-corrected chi connectivity index (χ3v) is 6.54. The van der Waals surface area contributed by atoms with Crippen molar-refractivity contribution in [3.63, 3.8) is 0 Å². The molecule has 0 spiro atoms. The molecule has 9 heteroatoms. The van der Waals surface area contributed by atoms with E-state index < -0.39 is 6.09 Å². The lowest BCUT2D eigenvalue weighted by Crippen LogP contribution is -2.46. The number of alkyl carbamates (subject to hydrolysis) is 1. The molecule has 1 fully saturated rings. The Kier molecular flexibility index (Phi) is 9.15. The molecule has 37 heavy (non-hydrogen) atoms. The molecule has 3 N–H and O–H groups in total. The molecule has 2 amide bonds. The molecule has 2 aromatic carbocycles. The molecule has 2 heterocycles. The summed E-state index contributed by atoms with van der Waals surface area (Å²) in [5, 5.41) is 6.08. The highest BCUT2D eigenvalue weighted by Crippen LogP contribution is 2.27. The Bertz CT molecular complexity index is 1220. The van der Waals surface area contributed by atoms with Crippen molar-refractivity contribution in [1.29, 1.82) is 0 Å². The predicted octanol–water partition coefficient (Wildman–Crippen LogP) is 3.55. The number of imidazole rings is 1. The number of H-pyrrole nitrogens is 1. The topological polar surface area (TPSA) is 108 Å². The number of ether oxygens (including phenoxy) is 1. The Labute approximate surface area is 216 Å². The first-order valence-corrected chi connectivity index (χ1v) is 12.9. The average Bonchev–Trinajstić information content (AvgIpc) is 3.29. The lowest BCUT2D eigenvalue weighted by Gasteiger charge is -2.27. The normalized spacial score (nSPS) is 14.2. The Morgan fingerprint density at radius 3 is 2.38 bits per heavy atom. The summed E-state index contributed by atoms with van der Waals surface area (Å²) in [5.41, 5.74) is 2.13. The van der Waals surface area contributed by atoms with Crippen LogP contribution in [0.25, 0.3) is 11.3 Å². The van der Waals surface area contributed by atoms with Crippen molar-refractivity contribution in [2.45, 2.75) is 38.8 Å². The van der Waals surface area contributed by atoms with Gasteiger partial charge in [0.15, 0.2) is 0 Å². The van der Waals surface area contributed by atoms with Gasteiger partial charge in [0, 0.05) is 38.3 Å². The van der Waals surface area contributed by atoms with Crippen LogP contribution in [0.3, 0.4) is 0 Å². The number of carbonyl (C=O) groups is 2. The second kappa shape index (κ2) is 12.9. The van der Waals surface area contributed by atoms with Crippen LogP contribution in [0.1, 0.15) is 48.3 Å². The van der Waals surface area contributed by atoms with Gasteiger partial charge in [0.25, 0.3) is 5.91 Å². The number of aromatic amines is 1. The highest BCUT2D eigenvalue weighted by atomic mass is 16.5. The maximum atomic E-state index is 13.5. The SMILES string of the molecule is CCCCC(CNC(=O)OCc1ccccc1)n1c(-c2ccccc2)c(C(=O)N2CCNCC2)[nH]c1=O. The summed E-state index contributed by atoms with van der Waals surface area (Å²) in [4.78, 5) is 44.0. The Hall–Kier alpha value is -3.85. The molecule has 1 saturated heterocycles. The van der Waals surface area contributed by atoms with Crippen LogP contribution >= 0.6 is 0 Å². The summed E-state index contributed by atoms with van der Waals surface area (Å²) in [5.74, 6) is -0.194. The summed E-state index contributed by atoms with van der Waals surface area (Å²) in [6, 6.07) is 18.6. The number of unbranched alkanes of at least 4 members (excludes halogenated alkanes) is 1. The van der Waals surface area contributed by atoms with Crippen LogP contribution in [0, 0.1) is 0 Å². The number of hydrogen-bond donors (Lipinski definition) is 3. The van der Waals surface area contributed by atoms with E-state index in [0.29, 0.717) is 38.3 Å². The van der Waals surface area contributed by atoms with E-state index in [0.717, 1.165) is 24.0 Å².